The van der Waals surface area contributed by atoms with E-state index >= 15 is 0 Å². The third-order valence-electron chi connectivity index (χ3n) is 5.21. The van der Waals surface area contributed by atoms with Crippen molar-refractivity contribution in [3.63, 3.8) is 0 Å². The molecule has 0 radical (unpaired) electrons. The summed E-state index contributed by atoms with van der Waals surface area (Å²) in [6.45, 7) is 9.04. The highest BCUT2D eigenvalue weighted by Crippen LogP contribution is 2.34. The molecule has 0 unspecified atom stereocenters. The van der Waals surface area contributed by atoms with Crippen LogP contribution in [0.3, 0.4) is 0 Å². The van der Waals surface area contributed by atoms with Crippen LogP contribution in [-0.4, -0.2) is 46.5 Å². The molecule has 10 nitrogen and oxygen atoms in total. The summed E-state index contributed by atoms with van der Waals surface area (Å²) in [7, 11) is 0. The van der Waals surface area contributed by atoms with E-state index in [4.69, 9.17) is 4.74 Å². The van der Waals surface area contributed by atoms with Crippen LogP contribution in [0.2, 0.25) is 0 Å². The summed E-state index contributed by atoms with van der Waals surface area (Å²) in [5, 5.41) is 5.06. The molecule has 2 heterocycles. The van der Waals surface area contributed by atoms with Crippen molar-refractivity contribution >= 4 is 34.4 Å². The molecule has 35 heavy (non-hydrogen) atoms. The lowest BCUT2D eigenvalue weighted by Gasteiger charge is -2.23. The highest BCUT2D eigenvalue weighted by Gasteiger charge is 2.32. The number of aromatic nitrogens is 2. The number of pyridine rings is 1. The number of ether oxygens (including phenoxy) is 1. The first-order valence-corrected chi connectivity index (χ1v) is 12.8. The van der Waals surface area contributed by atoms with Crippen LogP contribution in [0.15, 0.2) is 29.8 Å². The molecular weight excluding hydrogens is 468 g/mol. The standard InChI is InChI=1S/C24H34N6O4S/c1-15(2)11-19(27-24(33)34-13-17-7-5-6-10-25-17)21(31)28-29-22(32)20-14-35-23(26-20)30(12-16(3)4)18-8-9-18/h5-7,10,14-16,18-19H,8-9,11-13H2,1-4H3,(H,27,33)(H,28,31)(H,29,32)/t19-/m0/s1. The number of rotatable bonds is 11. The second kappa shape index (κ2) is 12.5. The largest absolute Gasteiger partial charge is 0.443 e. The number of carbonyl (C=O) groups excluding carboxylic acids is 3. The molecule has 3 N–H and O–H groups in total. The lowest BCUT2D eigenvalue weighted by atomic mass is 10.0. The first-order chi connectivity index (χ1) is 16.7. The minimum atomic E-state index is -0.881. The predicted molar refractivity (Wildman–Crippen MR) is 134 cm³/mol. The molecule has 1 aliphatic carbocycles. The molecule has 11 heteroatoms. The smallest absolute Gasteiger partial charge is 0.408 e. The van der Waals surface area contributed by atoms with Gasteiger partial charge in [-0.15, -0.1) is 11.3 Å². The van der Waals surface area contributed by atoms with Gasteiger partial charge in [0, 0.05) is 24.2 Å². The van der Waals surface area contributed by atoms with Gasteiger partial charge in [-0.05, 0) is 43.2 Å². The number of carbonyl (C=O) groups is 3. The monoisotopic (exact) mass is 502 g/mol. The SMILES string of the molecule is CC(C)C[C@H](NC(=O)OCc1ccccn1)C(=O)NNC(=O)c1csc(N(CC(C)C)C2CC2)n1. The van der Waals surface area contributed by atoms with Gasteiger partial charge in [-0.3, -0.25) is 25.4 Å². The third kappa shape index (κ3) is 8.50. The Hall–Kier alpha value is -3.21. The quantitative estimate of drug-likeness (QED) is 0.403. The number of anilines is 1. The van der Waals surface area contributed by atoms with Crippen molar-refractivity contribution in [1.29, 1.82) is 0 Å². The molecular formula is C24H34N6O4S. The molecule has 1 atom stereocenters. The third-order valence-corrected chi connectivity index (χ3v) is 6.09. The molecule has 2 aromatic heterocycles. The summed E-state index contributed by atoms with van der Waals surface area (Å²) < 4.78 is 5.17. The number of hydrogen-bond donors (Lipinski definition) is 3. The number of thiazole rings is 1. The van der Waals surface area contributed by atoms with E-state index in [0.29, 0.717) is 24.1 Å². The molecule has 190 valence electrons. The van der Waals surface area contributed by atoms with E-state index in [1.165, 1.54) is 11.3 Å². The molecule has 3 amide bonds. The van der Waals surface area contributed by atoms with E-state index < -0.39 is 23.9 Å². The van der Waals surface area contributed by atoms with E-state index in [-0.39, 0.29) is 18.2 Å². The second-order valence-electron chi connectivity index (χ2n) is 9.46. The fourth-order valence-electron chi connectivity index (χ4n) is 3.44. The van der Waals surface area contributed by atoms with Crippen molar-refractivity contribution in [2.24, 2.45) is 11.8 Å². The summed E-state index contributed by atoms with van der Waals surface area (Å²) in [6, 6.07) is 4.90. The Morgan fingerprint density at radius 3 is 2.54 bits per heavy atom. The summed E-state index contributed by atoms with van der Waals surface area (Å²) in [6.07, 6.45) is 3.51. The number of nitrogens with zero attached hydrogens (tertiary/aromatic N) is 3. The Morgan fingerprint density at radius 2 is 1.91 bits per heavy atom. The Morgan fingerprint density at radius 1 is 1.14 bits per heavy atom. The van der Waals surface area contributed by atoms with Gasteiger partial charge in [0.15, 0.2) is 5.13 Å². The average molecular weight is 503 g/mol. The van der Waals surface area contributed by atoms with Crippen LogP contribution in [0.1, 0.15) is 63.1 Å². The van der Waals surface area contributed by atoms with Crippen molar-refractivity contribution in [2.45, 2.75) is 65.6 Å². The van der Waals surface area contributed by atoms with Gasteiger partial charge in [0.05, 0.1) is 5.69 Å². The topological polar surface area (TPSA) is 126 Å². The molecule has 3 rings (SSSR count). The van der Waals surface area contributed by atoms with Gasteiger partial charge in [-0.2, -0.15) is 0 Å². The summed E-state index contributed by atoms with van der Waals surface area (Å²) in [4.78, 5) is 48.4. The number of alkyl carbamates (subject to hydrolysis) is 1. The van der Waals surface area contributed by atoms with E-state index in [2.05, 4.69) is 44.9 Å². The van der Waals surface area contributed by atoms with Gasteiger partial charge in [0.2, 0.25) is 0 Å². The minimum absolute atomic E-state index is 0.0136. The summed E-state index contributed by atoms with van der Waals surface area (Å²) in [5.74, 6) is -0.455. The predicted octanol–water partition coefficient (Wildman–Crippen LogP) is 3.27. The fourth-order valence-corrected chi connectivity index (χ4v) is 4.33. The van der Waals surface area contributed by atoms with Crippen LogP contribution in [0.5, 0.6) is 0 Å². The van der Waals surface area contributed by atoms with Crippen LogP contribution in [-0.2, 0) is 16.1 Å². The lowest BCUT2D eigenvalue weighted by Crippen LogP contribution is -2.52. The molecule has 1 aliphatic rings. The zero-order valence-electron chi connectivity index (χ0n) is 20.6. The molecule has 2 aromatic rings. The Balaban J connectivity index is 1.52. The first-order valence-electron chi connectivity index (χ1n) is 11.9. The molecule has 1 saturated carbocycles. The van der Waals surface area contributed by atoms with Crippen LogP contribution in [0.25, 0.3) is 0 Å². The van der Waals surface area contributed by atoms with E-state index in [1.54, 1.807) is 29.8 Å². The van der Waals surface area contributed by atoms with Crippen LogP contribution in [0, 0.1) is 11.8 Å². The fraction of sp³-hybridized carbons (Fsp3) is 0.542. The van der Waals surface area contributed by atoms with Gasteiger partial charge in [-0.25, -0.2) is 9.78 Å². The average Bonchev–Trinajstić information content (AvgIpc) is 3.55. The van der Waals surface area contributed by atoms with Crippen LogP contribution < -0.4 is 21.1 Å². The van der Waals surface area contributed by atoms with Crippen molar-refractivity contribution < 1.29 is 19.1 Å². The van der Waals surface area contributed by atoms with E-state index in [1.807, 2.05) is 13.8 Å². The maximum Gasteiger partial charge on any atom is 0.408 e. The van der Waals surface area contributed by atoms with Crippen LogP contribution in [0.4, 0.5) is 9.93 Å². The number of hydrazine groups is 1. The van der Waals surface area contributed by atoms with Crippen molar-refractivity contribution in [2.75, 3.05) is 11.4 Å². The van der Waals surface area contributed by atoms with Gasteiger partial charge in [-0.1, -0.05) is 33.8 Å². The maximum atomic E-state index is 12.7. The molecule has 0 bridgehead atoms. The first kappa shape index (κ1) is 26.4. The van der Waals surface area contributed by atoms with Gasteiger partial charge < -0.3 is 15.0 Å². The Kier molecular flexibility index (Phi) is 9.41. The van der Waals surface area contributed by atoms with Crippen molar-refractivity contribution in [3.05, 3.63) is 41.2 Å². The lowest BCUT2D eigenvalue weighted by molar-refractivity contribution is -0.124. The van der Waals surface area contributed by atoms with Gasteiger partial charge >= 0.3 is 6.09 Å². The second-order valence-corrected chi connectivity index (χ2v) is 10.3. The highest BCUT2D eigenvalue weighted by atomic mass is 32.1. The summed E-state index contributed by atoms with van der Waals surface area (Å²) in [5.41, 5.74) is 5.64. The zero-order valence-corrected chi connectivity index (χ0v) is 21.4. The maximum absolute atomic E-state index is 12.7. The van der Waals surface area contributed by atoms with Gasteiger partial charge in [0.1, 0.15) is 18.3 Å². The Labute approximate surface area is 209 Å². The zero-order chi connectivity index (χ0) is 25.4. The highest BCUT2D eigenvalue weighted by molar-refractivity contribution is 7.14. The molecule has 0 spiro atoms. The normalized spacial score (nSPS) is 13.9. The number of amides is 3. The van der Waals surface area contributed by atoms with Crippen molar-refractivity contribution in [3.8, 4) is 0 Å². The minimum Gasteiger partial charge on any atom is -0.443 e. The summed E-state index contributed by atoms with van der Waals surface area (Å²) >= 11 is 1.42. The molecule has 0 aromatic carbocycles. The van der Waals surface area contributed by atoms with E-state index in [9.17, 15) is 14.4 Å². The van der Waals surface area contributed by atoms with Gasteiger partial charge in [0.25, 0.3) is 11.8 Å². The molecule has 1 fully saturated rings. The Bertz CT molecular complexity index is 993. The van der Waals surface area contributed by atoms with Crippen LogP contribution >= 0.6 is 11.3 Å². The van der Waals surface area contributed by atoms with E-state index in [0.717, 1.165) is 24.5 Å². The number of nitrogens with one attached hydrogen (secondary N) is 3. The number of hydrogen-bond acceptors (Lipinski definition) is 8. The molecule has 0 aliphatic heterocycles. The van der Waals surface area contributed by atoms with Crippen molar-refractivity contribution in [1.82, 2.24) is 26.1 Å². The molecule has 0 saturated heterocycles.